The lowest BCUT2D eigenvalue weighted by Gasteiger charge is -2.13. The molecule has 0 bridgehead atoms. The molecule has 0 aliphatic heterocycles. The van der Waals surface area contributed by atoms with Gasteiger partial charge in [-0.05, 0) is 54.1 Å². The zero-order valence-corrected chi connectivity index (χ0v) is 19.2. The van der Waals surface area contributed by atoms with E-state index in [1.165, 1.54) is 6.07 Å². The number of methoxy groups -OCH3 is 2. The van der Waals surface area contributed by atoms with Gasteiger partial charge in [0.15, 0.2) is 23.1 Å². The SMILES string of the molecule is COc1ccc2c(Oc3ccc(-c4ccc(Cc5ccccc5)nn4)cc3F)ccnc2c1OC. The predicted octanol–water partition coefficient (Wildman–Crippen LogP) is 6.23. The molecule has 2 aromatic heterocycles. The zero-order valence-electron chi connectivity index (χ0n) is 19.2. The Bertz CT molecular complexity index is 1480. The molecule has 0 unspecified atom stereocenters. The van der Waals surface area contributed by atoms with Gasteiger partial charge >= 0.3 is 0 Å². The Labute approximate surface area is 202 Å². The summed E-state index contributed by atoms with van der Waals surface area (Å²) in [6, 6.07) is 23.8. The van der Waals surface area contributed by atoms with Crippen molar-refractivity contribution in [1.82, 2.24) is 15.2 Å². The highest BCUT2D eigenvalue weighted by atomic mass is 19.1. The van der Waals surface area contributed by atoms with Gasteiger partial charge in [-0.2, -0.15) is 10.2 Å². The van der Waals surface area contributed by atoms with E-state index in [9.17, 15) is 0 Å². The van der Waals surface area contributed by atoms with Gasteiger partial charge < -0.3 is 14.2 Å². The normalized spacial score (nSPS) is 10.8. The van der Waals surface area contributed by atoms with E-state index in [0.717, 1.165) is 11.3 Å². The number of rotatable bonds is 7. The van der Waals surface area contributed by atoms with Crippen molar-refractivity contribution in [1.29, 1.82) is 0 Å². The molecule has 3 aromatic carbocycles. The van der Waals surface area contributed by atoms with Crippen molar-refractivity contribution in [2.75, 3.05) is 14.2 Å². The van der Waals surface area contributed by atoms with Crippen LogP contribution in [0.2, 0.25) is 0 Å². The van der Waals surface area contributed by atoms with Gasteiger partial charge in [-0.15, -0.1) is 0 Å². The molecule has 0 aliphatic rings. The number of halogens is 1. The first-order valence-electron chi connectivity index (χ1n) is 11.0. The summed E-state index contributed by atoms with van der Waals surface area (Å²) in [6.07, 6.45) is 2.27. The molecule has 0 saturated carbocycles. The quantitative estimate of drug-likeness (QED) is 0.283. The van der Waals surface area contributed by atoms with Gasteiger partial charge in [0.25, 0.3) is 0 Å². The molecule has 5 aromatic rings. The van der Waals surface area contributed by atoms with E-state index < -0.39 is 5.82 Å². The fourth-order valence-electron chi connectivity index (χ4n) is 3.87. The first-order valence-corrected chi connectivity index (χ1v) is 11.0. The van der Waals surface area contributed by atoms with Crippen molar-refractivity contribution in [2.45, 2.75) is 6.42 Å². The molecule has 0 N–H and O–H groups in total. The first-order chi connectivity index (χ1) is 17.2. The van der Waals surface area contributed by atoms with Gasteiger partial charge in [0.1, 0.15) is 11.3 Å². The van der Waals surface area contributed by atoms with Crippen molar-refractivity contribution in [3.05, 3.63) is 102 Å². The zero-order chi connectivity index (χ0) is 24.2. The Balaban J connectivity index is 1.39. The van der Waals surface area contributed by atoms with E-state index in [2.05, 4.69) is 15.2 Å². The molecule has 35 heavy (non-hydrogen) atoms. The highest BCUT2D eigenvalue weighted by Gasteiger charge is 2.15. The van der Waals surface area contributed by atoms with Crippen molar-refractivity contribution in [3.8, 4) is 34.3 Å². The van der Waals surface area contributed by atoms with Crippen LogP contribution in [0.5, 0.6) is 23.0 Å². The van der Waals surface area contributed by atoms with Crippen LogP contribution in [0.3, 0.4) is 0 Å². The van der Waals surface area contributed by atoms with Gasteiger partial charge in [-0.25, -0.2) is 4.39 Å². The molecule has 5 rings (SSSR count). The summed E-state index contributed by atoms with van der Waals surface area (Å²) in [6.45, 7) is 0. The molecule has 0 atom stereocenters. The van der Waals surface area contributed by atoms with E-state index in [-0.39, 0.29) is 5.75 Å². The van der Waals surface area contributed by atoms with E-state index >= 15 is 4.39 Å². The second-order valence-corrected chi connectivity index (χ2v) is 7.83. The molecular weight excluding hydrogens is 445 g/mol. The summed E-state index contributed by atoms with van der Waals surface area (Å²) >= 11 is 0. The third kappa shape index (κ3) is 4.61. The number of fused-ring (bicyclic) bond motifs is 1. The number of hydrogen-bond donors (Lipinski definition) is 0. The van der Waals surface area contributed by atoms with E-state index in [0.29, 0.717) is 45.8 Å². The Morgan fingerprint density at radius 3 is 2.31 bits per heavy atom. The van der Waals surface area contributed by atoms with E-state index in [1.807, 2.05) is 42.5 Å². The highest BCUT2D eigenvalue weighted by Crippen LogP contribution is 2.39. The second-order valence-electron chi connectivity index (χ2n) is 7.83. The lowest BCUT2D eigenvalue weighted by molar-refractivity contribution is 0.358. The molecule has 174 valence electrons. The van der Waals surface area contributed by atoms with Crippen LogP contribution in [-0.4, -0.2) is 29.4 Å². The summed E-state index contributed by atoms with van der Waals surface area (Å²) in [4.78, 5) is 4.38. The van der Waals surface area contributed by atoms with Crippen LogP contribution in [-0.2, 0) is 6.42 Å². The number of benzene rings is 3. The van der Waals surface area contributed by atoms with Gasteiger partial charge in [0.2, 0.25) is 0 Å². The standard InChI is InChI=1S/C28H22FN3O3/c1-33-26-13-10-21-24(14-15-30-27(21)28(26)34-2)35-25-12-8-19(17-22(25)29)23-11-9-20(31-32-23)16-18-6-4-3-5-7-18/h3-15,17H,16H2,1-2H3. The van der Waals surface area contributed by atoms with Gasteiger partial charge in [0, 0.05) is 23.6 Å². The maximum absolute atomic E-state index is 15.0. The molecule has 6 nitrogen and oxygen atoms in total. The van der Waals surface area contributed by atoms with Gasteiger partial charge in [-0.1, -0.05) is 30.3 Å². The molecule has 0 saturated heterocycles. The lowest BCUT2D eigenvalue weighted by atomic mass is 10.1. The molecule has 0 radical (unpaired) electrons. The first kappa shape index (κ1) is 22.3. The molecule has 0 fully saturated rings. The van der Waals surface area contributed by atoms with Crippen molar-refractivity contribution < 1.29 is 18.6 Å². The van der Waals surface area contributed by atoms with Crippen LogP contribution in [0.25, 0.3) is 22.2 Å². The maximum atomic E-state index is 15.0. The minimum atomic E-state index is -0.511. The third-order valence-corrected chi connectivity index (χ3v) is 5.61. The highest BCUT2D eigenvalue weighted by molar-refractivity contribution is 5.92. The summed E-state index contributed by atoms with van der Waals surface area (Å²) < 4.78 is 31.7. The Hall–Kier alpha value is -4.52. The number of nitrogens with zero attached hydrogens (tertiary/aromatic N) is 3. The number of ether oxygens (including phenoxy) is 3. The molecule has 0 amide bonds. The molecule has 0 spiro atoms. The van der Waals surface area contributed by atoms with Crippen LogP contribution >= 0.6 is 0 Å². The van der Waals surface area contributed by atoms with Crippen LogP contribution in [0.15, 0.2) is 85.1 Å². The van der Waals surface area contributed by atoms with Crippen LogP contribution in [0.4, 0.5) is 4.39 Å². The monoisotopic (exact) mass is 467 g/mol. The number of aromatic nitrogens is 3. The lowest BCUT2D eigenvalue weighted by Crippen LogP contribution is -1.97. The largest absolute Gasteiger partial charge is 0.493 e. The Kier molecular flexibility index (Phi) is 6.22. The van der Waals surface area contributed by atoms with E-state index in [4.69, 9.17) is 14.2 Å². The van der Waals surface area contributed by atoms with Crippen LogP contribution in [0, 0.1) is 5.82 Å². The minimum absolute atomic E-state index is 0.0877. The number of hydrogen-bond acceptors (Lipinski definition) is 6. The van der Waals surface area contributed by atoms with E-state index in [1.54, 1.807) is 50.7 Å². The maximum Gasteiger partial charge on any atom is 0.187 e. The molecule has 7 heteroatoms. The van der Waals surface area contributed by atoms with Crippen molar-refractivity contribution in [2.24, 2.45) is 0 Å². The fourth-order valence-corrected chi connectivity index (χ4v) is 3.87. The average molecular weight is 468 g/mol. The van der Waals surface area contributed by atoms with Crippen molar-refractivity contribution >= 4 is 10.9 Å². The smallest absolute Gasteiger partial charge is 0.187 e. The predicted molar refractivity (Wildman–Crippen MR) is 132 cm³/mol. The summed E-state index contributed by atoms with van der Waals surface area (Å²) in [5.74, 6) is 1.07. The van der Waals surface area contributed by atoms with Gasteiger partial charge in [-0.3, -0.25) is 4.98 Å². The summed E-state index contributed by atoms with van der Waals surface area (Å²) in [7, 11) is 3.10. The van der Waals surface area contributed by atoms with Crippen LogP contribution in [0.1, 0.15) is 11.3 Å². The fraction of sp³-hybridized carbons (Fsp3) is 0.107. The minimum Gasteiger partial charge on any atom is -0.493 e. The molecule has 0 aliphatic carbocycles. The topological polar surface area (TPSA) is 66.4 Å². The second kappa shape index (κ2) is 9.77. The Morgan fingerprint density at radius 1 is 0.771 bits per heavy atom. The third-order valence-electron chi connectivity index (χ3n) is 5.61. The average Bonchev–Trinajstić information content (AvgIpc) is 2.90. The van der Waals surface area contributed by atoms with Crippen molar-refractivity contribution in [3.63, 3.8) is 0 Å². The molecular formula is C28H22FN3O3. The summed E-state index contributed by atoms with van der Waals surface area (Å²) in [5, 5.41) is 9.26. The summed E-state index contributed by atoms with van der Waals surface area (Å²) in [5.41, 5.74) is 3.75. The molecule has 2 heterocycles. The van der Waals surface area contributed by atoms with Gasteiger partial charge in [0.05, 0.1) is 25.6 Å². The Morgan fingerprint density at radius 2 is 1.60 bits per heavy atom. The van der Waals surface area contributed by atoms with Crippen LogP contribution < -0.4 is 14.2 Å². The number of pyridine rings is 1.